The highest BCUT2D eigenvalue weighted by Gasteiger charge is 2.27. The molecule has 0 saturated heterocycles. The molecule has 1 aromatic carbocycles. The van der Waals surface area contributed by atoms with Gasteiger partial charge in [-0.05, 0) is 47.0 Å². The maximum Gasteiger partial charge on any atom is 0.135 e. The van der Waals surface area contributed by atoms with Gasteiger partial charge in [0.2, 0.25) is 0 Å². The average molecular weight is 272 g/mol. The first-order valence-corrected chi connectivity index (χ1v) is 5.79. The summed E-state index contributed by atoms with van der Waals surface area (Å²) < 4.78 is 6.63. The van der Waals surface area contributed by atoms with Gasteiger partial charge in [0.1, 0.15) is 11.3 Å². The molecule has 0 bridgehead atoms. The maximum atomic E-state index is 6.00. The van der Waals surface area contributed by atoms with E-state index in [0.29, 0.717) is 5.92 Å². The van der Waals surface area contributed by atoms with Gasteiger partial charge in [0.15, 0.2) is 0 Å². The molecule has 3 heteroatoms. The van der Waals surface area contributed by atoms with Crippen molar-refractivity contribution in [2.24, 2.45) is 0 Å². The zero-order chi connectivity index (χ0) is 9.71. The summed E-state index contributed by atoms with van der Waals surface area (Å²) in [4.78, 5) is 0. The summed E-state index contributed by atoms with van der Waals surface area (Å²) in [6, 6.07) is 5.98. The highest BCUT2D eigenvalue weighted by atomic mass is 79.9. The number of halogens is 2. The Hall–Kier alpha value is -0.470. The molecule has 0 spiro atoms. The molecule has 1 nitrogen and oxygen atoms in total. The van der Waals surface area contributed by atoms with Crippen LogP contribution < -0.4 is 0 Å². The van der Waals surface area contributed by atoms with E-state index in [-0.39, 0.29) is 0 Å². The molecular formula is C11H8BrClO. The van der Waals surface area contributed by atoms with Gasteiger partial charge in [-0.25, -0.2) is 0 Å². The third kappa shape index (κ3) is 1.37. The van der Waals surface area contributed by atoms with Crippen LogP contribution in [0.1, 0.15) is 24.5 Å². The first kappa shape index (κ1) is 8.81. The molecule has 1 aliphatic carbocycles. The minimum atomic E-state index is 0.653. The fraction of sp³-hybridized carbons (Fsp3) is 0.273. The van der Waals surface area contributed by atoms with Crippen molar-refractivity contribution in [3.63, 3.8) is 0 Å². The first-order chi connectivity index (χ1) is 6.74. The topological polar surface area (TPSA) is 13.1 Å². The molecule has 1 heterocycles. The Kier molecular flexibility index (Phi) is 1.89. The van der Waals surface area contributed by atoms with Crippen LogP contribution in [0.3, 0.4) is 0 Å². The second-order valence-electron chi connectivity index (χ2n) is 3.73. The molecule has 1 fully saturated rings. The minimum Gasteiger partial charge on any atom is -0.461 e. The summed E-state index contributed by atoms with van der Waals surface area (Å²) in [6.45, 7) is 0. The number of benzene rings is 1. The van der Waals surface area contributed by atoms with Crippen molar-refractivity contribution in [3.05, 3.63) is 33.5 Å². The van der Waals surface area contributed by atoms with Crippen LogP contribution in [0.2, 0.25) is 5.02 Å². The van der Waals surface area contributed by atoms with Crippen molar-refractivity contribution in [1.29, 1.82) is 0 Å². The quantitative estimate of drug-likeness (QED) is 0.731. The fourth-order valence-corrected chi connectivity index (χ4v) is 2.12. The van der Waals surface area contributed by atoms with Crippen LogP contribution >= 0.6 is 27.5 Å². The number of hydrogen-bond acceptors (Lipinski definition) is 1. The molecule has 2 aromatic rings. The van der Waals surface area contributed by atoms with Crippen molar-refractivity contribution >= 4 is 38.5 Å². The summed E-state index contributed by atoms with van der Waals surface area (Å²) in [5.74, 6) is 1.76. The Morgan fingerprint density at radius 3 is 2.79 bits per heavy atom. The largest absolute Gasteiger partial charge is 0.461 e. The standard InChI is InChI=1S/C11H8BrClO/c12-8-5-11-7(3-9(8)13)4-10(14-11)6-1-2-6/h3-6H,1-2H2. The highest BCUT2D eigenvalue weighted by Crippen LogP contribution is 2.43. The van der Waals surface area contributed by atoms with Crippen molar-refractivity contribution in [3.8, 4) is 0 Å². The van der Waals surface area contributed by atoms with E-state index in [1.165, 1.54) is 12.8 Å². The molecule has 14 heavy (non-hydrogen) atoms. The van der Waals surface area contributed by atoms with Gasteiger partial charge in [0, 0.05) is 15.8 Å². The van der Waals surface area contributed by atoms with Crippen molar-refractivity contribution in [1.82, 2.24) is 0 Å². The molecule has 1 aromatic heterocycles. The molecular weight excluding hydrogens is 263 g/mol. The van der Waals surface area contributed by atoms with Crippen LogP contribution in [-0.2, 0) is 0 Å². The first-order valence-electron chi connectivity index (χ1n) is 4.62. The van der Waals surface area contributed by atoms with Gasteiger partial charge < -0.3 is 4.42 Å². The van der Waals surface area contributed by atoms with Gasteiger partial charge in [-0.3, -0.25) is 0 Å². The Morgan fingerprint density at radius 2 is 2.07 bits per heavy atom. The zero-order valence-corrected chi connectivity index (χ0v) is 9.73. The summed E-state index contributed by atoms with van der Waals surface area (Å²) in [7, 11) is 0. The van der Waals surface area contributed by atoms with Gasteiger partial charge in [0.25, 0.3) is 0 Å². The normalized spacial score (nSPS) is 16.4. The molecule has 0 aliphatic heterocycles. The molecule has 0 radical (unpaired) electrons. The van der Waals surface area contributed by atoms with Crippen molar-refractivity contribution in [2.75, 3.05) is 0 Å². The summed E-state index contributed by atoms with van der Waals surface area (Å²) in [5.41, 5.74) is 0.920. The lowest BCUT2D eigenvalue weighted by Crippen LogP contribution is -1.68. The van der Waals surface area contributed by atoms with Crippen LogP contribution in [0.15, 0.2) is 27.1 Å². The van der Waals surface area contributed by atoms with E-state index in [9.17, 15) is 0 Å². The summed E-state index contributed by atoms with van der Waals surface area (Å²) in [5, 5.41) is 1.83. The smallest absolute Gasteiger partial charge is 0.135 e. The van der Waals surface area contributed by atoms with Crippen LogP contribution in [-0.4, -0.2) is 0 Å². The molecule has 72 valence electrons. The second-order valence-corrected chi connectivity index (χ2v) is 4.99. The Balaban J connectivity index is 2.22. The summed E-state index contributed by atoms with van der Waals surface area (Å²) in [6.07, 6.45) is 2.52. The van der Waals surface area contributed by atoms with Crippen LogP contribution in [0.5, 0.6) is 0 Å². The minimum absolute atomic E-state index is 0.653. The van der Waals surface area contributed by atoms with E-state index in [0.717, 1.165) is 26.2 Å². The molecule has 0 unspecified atom stereocenters. The molecule has 0 amide bonds. The van der Waals surface area contributed by atoms with Gasteiger partial charge in [-0.15, -0.1) is 0 Å². The predicted octanol–water partition coefficient (Wildman–Crippen LogP) is 4.73. The highest BCUT2D eigenvalue weighted by molar-refractivity contribution is 9.10. The second kappa shape index (κ2) is 3.01. The van der Waals surface area contributed by atoms with E-state index in [2.05, 4.69) is 22.0 Å². The lowest BCUT2D eigenvalue weighted by Gasteiger charge is -1.93. The summed E-state index contributed by atoms with van der Waals surface area (Å²) >= 11 is 9.39. The van der Waals surface area contributed by atoms with E-state index in [1.807, 2.05) is 12.1 Å². The molecule has 0 N–H and O–H groups in total. The lowest BCUT2D eigenvalue weighted by molar-refractivity contribution is 0.552. The van der Waals surface area contributed by atoms with Crippen LogP contribution in [0.25, 0.3) is 11.0 Å². The monoisotopic (exact) mass is 270 g/mol. The average Bonchev–Trinajstić information content (AvgIpc) is 2.90. The van der Waals surface area contributed by atoms with Gasteiger partial charge in [-0.2, -0.15) is 0 Å². The number of rotatable bonds is 1. The van der Waals surface area contributed by atoms with Crippen molar-refractivity contribution < 1.29 is 4.42 Å². The Bertz CT molecular complexity index is 460. The lowest BCUT2D eigenvalue weighted by atomic mass is 10.2. The number of fused-ring (bicyclic) bond motifs is 1. The third-order valence-electron chi connectivity index (χ3n) is 2.56. The van der Waals surface area contributed by atoms with Gasteiger partial charge >= 0.3 is 0 Å². The van der Waals surface area contributed by atoms with E-state index < -0.39 is 0 Å². The molecule has 1 saturated carbocycles. The van der Waals surface area contributed by atoms with Gasteiger partial charge in [0.05, 0.1) is 5.02 Å². The Morgan fingerprint density at radius 1 is 1.29 bits per heavy atom. The Labute approximate surface area is 95.2 Å². The van der Waals surface area contributed by atoms with Gasteiger partial charge in [-0.1, -0.05) is 11.6 Å². The fourth-order valence-electron chi connectivity index (χ4n) is 1.62. The number of furan rings is 1. The van der Waals surface area contributed by atoms with E-state index in [1.54, 1.807) is 0 Å². The zero-order valence-electron chi connectivity index (χ0n) is 7.39. The SMILES string of the molecule is Clc1cc2cc(C3CC3)oc2cc1Br. The third-order valence-corrected chi connectivity index (χ3v) is 3.76. The predicted molar refractivity (Wildman–Crippen MR) is 60.9 cm³/mol. The van der Waals surface area contributed by atoms with Crippen LogP contribution in [0, 0.1) is 0 Å². The van der Waals surface area contributed by atoms with E-state index in [4.69, 9.17) is 16.0 Å². The number of hydrogen-bond donors (Lipinski definition) is 0. The van der Waals surface area contributed by atoms with Crippen molar-refractivity contribution in [2.45, 2.75) is 18.8 Å². The maximum absolute atomic E-state index is 6.00. The molecule has 3 rings (SSSR count). The molecule has 0 atom stereocenters. The molecule has 1 aliphatic rings. The van der Waals surface area contributed by atoms with Crippen LogP contribution in [0.4, 0.5) is 0 Å². The van der Waals surface area contributed by atoms with E-state index >= 15 is 0 Å².